The summed E-state index contributed by atoms with van der Waals surface area (Å²) in [6, 6.07) is 8.68. The molecule has 0 saturated carbocycles. The van der Waals surface area contributed by atoms with Crippen LogP contribution in [0.3, 0.4) is 0 Å². The van der Waals surface area contributed by atoms with Gasteiger partial charge in [0, 0.05) is 19.3 Å². The van der Waals surface area contributed by atoms with E-state index in [1.165, 1.54) is 11.1 Å². The van der Waals surface area contributed by atoms with Crippen molar-refractivity contribution in [3.63, 3.8) is 0 Å². The van der Waals surface area contributed by atoms with Crippen LogP contribution in [0.15, 0.2) is 41.1 Å². The first-order chi connectivity index (χ1) is 9.25. The lowest BCUT2D eigenvalue weighted by atomic mass is 10.0. The third-order valence-electron chi connectivity index (χ3n) is 3.64. The van der Waals surface area contributed by atoms with Crippen molar-refractivity contribution in [2.24, 2.45) is 0 Å². The van der Waals surface area contributed by atoms with Gasteiger partial charge in [-0.15, -0.1) is 0 Å². The fourth-order valence-corrected chi connectivity index (χ4v) is 3.27. The summed E-state index contributed by atoms with van der Waals surface area (Å²) < 4.78 is 0.971. The van der Waals surface area contributed by atoms with Crippen molar-refractivity contribution >= 4 is 27.3 Å². The number of pyridine rings is 1. The van der Waals surface area contributed by atoms with Crippen LogP contribution in [0.25, 0.3) is 0 Å². The molecule has 0 spiro atoms. The van der Waals surface area contributed by atoms with E-state index in [-0.39, 0.29) is 0 Å². The van der Waals surface area contributed by atoms with E-state index in [1.807, 2.05) is 6.20 Å². The minimum Gasteiger partial charge on any atom is -0.396 e. The number of aromatic nitrogens is 1. The van der Waals surface area contributed by atoms with Gasteiger partial charge in [-0.1, -0.05) is 24.3 Å². The summed E-state index contributed by atoms with van der Waals surface area (Å²) in [5.74, 6) is 0. The predicted octanol–water partition coefficient (Wildman–Crippen LogP) is 3.03. The Labute approximate surface area is 121 Å². The third-order valence-corrected chi connectivity index (χ3v) is 4.22. The summed E-state index contributed by atoms with van der Waals surface area (Å²) in [6.45, 7) is 1.98. The molecule has 0 atom stereocenters. The van der Waals surface area contributed by atoms with E-state index in [2.05, 4.69) is 50.1 Å². The smallest absolute Gasteiger partial charge is 0.0776 e. The Morgan fingerprint density at radius 2 is 1.68 bits per heavy atom. The highest BCUT2D eigenvalue weighted by atomic mass is 79.9. The number of nitrogens with two attached hydrogens (primary N) is 1. The molecule has 0 aliphatic carbocycles. The summed E-state index contributed by atoms with van der Waals surface area (Å²) in [5.41, 5.74) is 10.8. The molecular formula is C15H16BrN3. The number of hydrogen-bond acceptors (Lipinski definition) is 3. The molecule has 3 nitrogen and oxygen atoms in total. The van der Waals surface area contributed by atoms with Gasteiger partial charge in [-0.25, -0.2) is 0 Å². The average molecular weight is 318 g/mol. The summed E-state index contributed by atoms with van der Waals surface area (Å²) in [5, 5.41) is 0. The maximum atomic E-state index is 6.07. The quantitative estimate of drug-likeness (QED) is 0.879. The lowest BCUT2D eigenvalue weighted by Crippen LogP contribution is -2.27. The van der Waals surface area contributed by atoms with E-state index in [9.17, 15) is 0 Å². The molecule has 3 rings (SSSR count). The Morgan fingerprint density at radius 3 is 2.26 bits per heavy atom. The van der Waals surface area contributed by atoms with Crippen LogP contribution in [0.2, 0.25) is 0 Å². The lowest BCUT2D eigenvalue weighted by Gasteiger charge is -2.25. The second kappa shape index (κ2) is 5.21. The SMILES string of the molecule is Nc1cncc(Br)c1N1CCc2ccccc2CC1. The molecule has 2 heterocycles. The Morgan fingerprint density at radius 1 is 1.05 bits per heavy atom. The van der Waals surface area contributed by atoms with E-state index in [4.69, 9.17) is 5.73 Å². The maximum Gasteiger partial charge on any atom is 0.0776 e. The van der Waals surface area contributed by atoms with E-state index >= 15 is 0 Å². The van der Waals surface area contributed by atoms with Gasteiger partial charge in [0.25, 0.3) is 0 Å². The molecule has 2 N–H and O–H groups in total. The molecule has 0 amide bonds. The monoisotopic (exact) mass is 317 g/mol. The Balaban J connectivity index is 1.90. The van der Waals surface area contributed by atoms with E-state index < -0.39 is 0 Å². The van der Waals surface area contributed by atoms with Gasteiger partial charge in [0.15, 0.2) is 0 Å². The zero-order valence-electron chi connectivity index (χ0n) is 10.6. The highest BCUT2D eigenvalue weighted by Crippen LogP contribution is 2.32. The van der Waals surface area contributed by atoms with Crippen LogP contribution in [0.1, 0.15) is 11.1 Å². The molecule has 1 aliphatic heterocycles. The standard InChI is InChI=1S/C15H16BrN3/c16-13-9-18-10-14(17)15(13)19-7-5-11-3-1-2-4-12(11)6-8-19/h1-4,9-10H,5-8,17H2. The zero-order valence-corrected chi connectivity index (χ0v) is 12.2. The zero-order chi connectivity index (χ0) is 13.2. The Kier molecular flexibility index (Phi) is 3.42. The molecule has 1 aromatic heterocycles. The summed E-state index contributed by atoms with van der Waals surface area (Å²) in [4.78, 5) is 6.45. The van der Waals surface area contributed by atoms with Gasteiger partial charge >= 0.3 is 0 Å². The first-order valence-corrected chi connectivity index (χ1v) is 7.25. The largest absolute Gasteiger partial charge is 0.396 e. The van der Waals surface area contributed by atoms with Crippen LogP contribution in [-0.4, -0.2) is 18.1 Å². The molecule has 1 aromatic carbocycles. The van der Waals surface area contributed by atoms with Gasteiger partial charge in [0.1, 0.15) is 0 Å². The van der Waals surface area contributed by atoms with Gasteiger partial charge in [0.05, 0.1) is 22.0 Å². The maximum absolute atomic E-state index is 6.07. The normalized spacial score (nSPS) is 14.9. The first kappa shape index (κ1) is 12.5. The minimum atomic E-state index is 0.736. The van der Waals surface area contributed by atoms with Crippen LogP contribution in [0.5, 0.6) is 0 Å². The number of hydrogen-bond donors (Lipinski definition) is 1. The van der Waals surface area contributed by atoms with Gasteiger partial charge in [0.2, 0.25) is 0 Å². The second-order valence-electron chi connectivity index (χ2n) is 4.81. The molecule has 19 heavy (non-hydrogen) atoms. The summed E-state index contributed by atoms with van der Waals surface area (Å²) >= 11 is 3.56. The fraction of sp³-hybridized carbons (Fsp3) is 0.267. The number of nitrogen functional groups attached to an aromatic ring is 1. The van der Waals surface area contributed by atoms with Crippen molar-refractivity contribution in [1.29, 1.82) is 0 Å². The highest BCUT2D eigenvalue weighted by Gasteiger charge is 2.17. The molecule has 0 unspecified atom stereocenters. The molecule has 1 aliphatic rings. The molecular weight excluding hydrogens is 302 g/mol. The van der Waals surface area contributed by atoms with Crippen molar-refractivity contribution in [2.45, 2.75) is 12.8 Å². The number of fused-ring (bicyclic) bond motifs is 1. The molecule has 0 bridgehead atoms. The minimum absolute atomic E-state index is 0.736. The Bertz CT molecular complexity index is 550. The topological polar surface area (TPSA) is 42.1 Å². The number of benzene rings is 1. The number of nitrogens with zero attached hydrogens (tertiary/aromatic N) is 2. The van der Waals surface area contributed by atoms with Crippen LogP contribution in [0, 0.1) is 0 Å². The summed E-state index contributed by atoms with van der Waals surface area (Å²) in [7, 11) is 0. The average Bonchev–Trinajstić information content (AvgIpc) is 2.62. The number of rotatable bonds is 1. The predicted molar refractivity (Wildman–Crippen MR) is 82.4 cm³/mol. The number of halogens is 1. The second-order valence-corrected chi connectivity index (χ2v) is 5.67. The van der Waals surface area contributed by atoms with E-state index in [1.54, 1.807) is 6.20 Å². The van der Waals surface area contributed by atoms with Crippen molar-refractivity contribution < 1.29 is 0 Å². The molecule has 98 valence electrons. The third kappa shape index (κ3) is 2.45. The first-order valence-electron chi connectivity index (χ1n) is 6.46. The Hall–Kier alpha value is -1.55. The van der Waals surface area contributed by atoms with E-state index in [0.717, 1.165) is 41.8 Å². The van der Waals surface area contributed by atoms with Crippen LogP contribution in [0.4, 0.5) is 11.4 Å². The lowest BCUT2D eigenvalue weighted by molar-refractivity contribution is 0.804. The molecule has 0 fully saturated rings. The van der Waals surface area contributed by atoms with Crippen molar-refractivity contribution in [3.8, 4) is 0 Å². The van der Waals surface area contributed by atoms with Gasteiger partial charge in [-0.3, -0.25) is 4.98 Å². The number of anilines is 2. The van der Waals surface area contributed by atoms with Crippen molar-refractivity contribution in [2.75, 3.05) is 23.7 Å². The van der Waals surface area contributed by atoms with Gasteiger partial charge in [-0.05, 0) is 39.9 Å². The van der Waals surface area contributed by atoms with Crippen molar-refractivity contribution in [1.82, 2.24) is 4.98 Å². The summed E-state index contributed by atoms with van der Waals surface area (Å²) in [6.07, 6.45) is 5.65. The molecule has 0 radical (unpaired) electrons. The molecule has 4 heteroatoms. The van der Waals surface area contributed by atoms with Gasteiger partial charge < -0.3 is 10.6 Å². The van der Waals surface area contributed by atoms with Crippen LogP contribution < -0.4 is 10.6 Å². The fourth-order valence-electron chi connectivity index (χ4n) is 2.67. The van der Waals surface area contributed by atoms with Gasteiger partial charge in [-0.2, -0.15) is 0 Å². The van der Waals surface area contributed by atoms with Crippen LogP contribution in [-0.2, 0) is 12.8 Å². The van der Waals surface area contributed by atoms with E-state index in [0.29, 0.717) is 0 Å². The highest BCUT2D eigenvalue weighted by molar-refractivity contribution is 9.10. The van der Waals surface area contributed by atoms with Crippen molar-refractivity contribution in [3.05, 3.63) is 52.3 Å². The molecule has 2 aromatic rings. The molecule has 0 saturated heterocycles. The van der Waals surface area contributed by atoms with Crippen LogP contribution >= 0.6 is 15.9 Å².